The SMILES string of the molecule is Cc1cccc(C(=O)N2CCC[C@@H](c3nn[nH]n3)C2)c1F. The van der Waals surface area contributed by atoms with Crippen LogP contribution in [0.4, 0.5) is 4.39 Å². The number of hydrogen-bond acceptors (Lipinski definition) is 4. The smallest absolute Gasteiger partial charge is 0.256 e. The molecule has 1 saturated heterocycles. The van der Waals surface area contributed by atoms with Gasteiger partial charge >= 0.3 is 0 Å². The van der Waals surface area contributed by atoms with Crippen LogP contribution in [0.15, 0.2) is 18.2 Å². The molecule has 0 saturated carbocycles. The second kappa shape index (κ2) is 5.59. The van der Waals surface area contributed by atoms with Crippen molar-refractivity contribution in [1.82, 2.24) is 25.5 Å². The zero-order chi connectivity index (χ0) is 14.8. The molecule has 2 aromatic rings. The number of aromatic nitrogens is 4. The van der Waals surface area contributed by atoms with Crippen LogP contribution in [0.25, 0.3) is 0 Å². The summed E-state index contributed by atoms with van der Waals surface area (Å²) in [6.07, 6.45) is 1.75. The van der Waals surface area contributed by atoms with E-state index in [0.29, 0.717) is 24.5 Å². The number of benzene rings is 1. The highest BCUT2D eigenvalue weighted by atomic mass is 19.1. The van der Waals surface area contributed by atoms with Crippen LogP contribution in [0, 0.1) is 12.7 Å². The summed E-state index contributed by atoms with van der Waals surface area (Å²) in [5.74, 6) is -0.0554. The van der Waals surface area contributed by atoms with E-state index in [0.717, 1.165) is 12.8 Å². The number of carbonyl (C=O) groups excluding carboxylic acids is 1. The van der Waals surface area contributed by atoms with Crippen LogP contribution in [-0.2, 0) is 0 Å². The van der Waals surface area contributed by atoms with Gasteiger partial charge in [0, 0.05) is 19.0 Å². The normalized spacial score (nSPS) is 18.8. The molecule has 0 radical (unpaired) electrons. The molecular weight excluding hydrogens is 273 g/mol. The maximum atomic E-state index is 14.1. The van der Waals surface area contributed by atoms with E-state index in [2.05, 4.69) is 20.6 Å². The Morgan fingerprint density at radius 3 is 3.10 bits per heavy atom. The lowest BCUT2D eigenvalue weighted by atomic mass is 9.96. The van der Waals surface area contributed by atoms with E-state index < -0.39 is 5.82 Å². The Hall–Kier alpha value is -2.31. The number of nitrogens with one attached hydrogen (secondary N) is 1. The maximum Gasteiger partial charge on any atom is 0.256 e. The van der Waals surface area contributed by atoms with E-state index in [1.165, 1.54) is 6.07 Å². The Labute approximate surface area is 121 Å². The second-order valence-electron chi connectivity index (χ2n) is 5.30. The molecule has 3 rings (SSSR count). The first kappa shape index (κ1) is 13.7. The monoisotopic (exact) mass is 289 g/mol. The molecule has 7 heteroatoms. The van der Waals surface area contributed by atoms with Gasteiger partial charge in [0.05, 0.1) is 5.56 Å². The van der Waals surface area contributed by atoms with Crippen LogP contribution in [-0.4, -0.2) is 44.5 Å². The number of hydrogen-bond donors (Lipinski definition) is 1. The topological polar surface area (TPSA) is 74.8 Å². The number of likely N-dealkylation sites (tertiary alicyclic amines) is 1. The van der Waals surface area contributed by atoms with Gasteiger partial charge < -0.3 is 4.90 Å². The zero-order valence-electron chi connectivity index (χ0n) is 11.7. The van der Waals surface area contributed by atoms with Crippen molar-refractivity contribution in [3.05, 3.63) is 41.0 Å². The number of H-pyrrole nitrogens is 1. The Bertz CT molecular complexity index is 643. The first-order chi connectivity index (χ1) is 10.2. The molecule has 1 aromatic carbocycles. The standard InChI is InChI=1S/C14H16FN5O/c1-9-4-2-6-11(12(9)15)14(21)20-7-3-5-10(8-20)13-16-18-19-17-13/h2,4,6,10H,3,5,7-8H2,1H3,(H,16,17,18,19)/t10-/m1/s1. The number of piperidine rings is 1. The number of carbonyl (C=O) groups is 1. The van der Waals surface area contributed by atoms with Gasteiger partial charge in [-0.2, -0.15) is 5.21 Å². The number of amides is 1. The molecule has 1 aliphatic rings. The molecule has 1 fully saturated rings. The Morgan fingerprint density at radius 2 is 2.33 bits per heavy atom. The number of halogens is 1. The minimum absolute atomic E-state index is 0.0503. The third kappa shape index (κ3) is 2.63. The number of nitrogens with zero attached hydrogens (tertiary/aromatic N) is 4. The molecule has 1 amide bonds. The van der Waals surface area contributed by atoms with Crippen LogP contribution >= 0.6 is 0 Å². The average molecular weight is 289 g/mol. The van der Waals surface area contributed by atoms with Crippen molar-refractivity contribution in [3.63, 3.8) is 0 Å². The number of aromatic amines is 1. The van der Waals surface area contributed by atoms with Gasteiger partial charge in [-0.3, -0.25) is 4.79 Å². The van der Waals surface area contributed by atoms with E-state index in [1.807, 2.05) is 0 Å². The van der Waals surface area contributed by atoms with E-state index in [1.54, 1.807) is 24.0 Å². The summed E-state index contributed by atoms with van der Waals surface area (Å²) in [6.45, 7) is 2.77. The van der Waals surface area contributed by atoms with Crippen molar-refractivity contribution in [2.24, 2.45) is 0 Å². The summed E-state index contributed by atoms with van der Waals surface area (Å²) in [5, 5.41) is 13.9. The van der Waals surface area contributed by atoms with Crippen molar-refractivity contribution < 1.29 is 9.18 Å². The van der Waals surface area contributed by atoms with E-state index in [9.17, 15) is 9.18 Å². The Morgan fingerprint density at radius 1 is 1.48 bits per heavy atom. The van der Waals surface area contributed by atoms with E-state index in [-0.39, 0.29) is 17.4 Å². The molecule has 1 aliphatic heterocycles. The molecule has 0 aliphatic carbocycles. The highest BCUT2D eigenvalue weighted by Gasteiger charge is 2.29. The van der Waals surface area contributed by atoms with E-state index >= 15 is 0 Å². The zero-order valence-corrected chi connectivity index (χ0v) is 11.7. The van der Waals surface area contributed by atoms with Gasteiger partial charge in [-0.15, -0.1) is 10.2 Å². The van der Waals surface area contributed by atoms with Gasteiger partial charge in [-0.1, -0.05) is 17.3 Å². The summed E-state index contributed by atoms with van der Waals surface area (Å²) in [4.78, 5) is 14.2. The lowest BCUT2D eigenvalue weighted by Crippen LogP contribution is -2.39. The molecule has 2 heterocycles. The molecule has 6 nitrogen and oxygen atoms in total. The summed E-state index contributed by atoms with van der Waals surface area (Å²) in [7, 11) is 0. The molecule has 21 heavy (non-hydrogen) atoms. The van der Waals surface area contributed by atoms with Crippen molar-refractivity contribution in [2.75, 3.05) is 13.1 Å². The molecule has 1 aromatic heterocycles. The number of rotatable bonds is 2. The van der Waals surface area contributed by atoms with Crippen LogP contribution < -0.4 is 0 Å². The summed E-state index contributed by atoms with van der Waals surface area (Å²) in [6, 6.07) is 4.89. The van der Waals surface area contributed by atoms with Gasteiger partial charge in [0.25, 0.3) is 5.91 Å². The molecule has 0 spiro atoms. The third-order valence-corrected chi connectivity index (χ3v) is 3.86. The third-order valence-electron chi connectivity index (χ3n) is 3.86. The molecule has 0 unspecified atom stereocenters. The maximum absolute atomic E-state index is 14.1. The van der Waals surface area contributed by atoms with Crippen LogP contribution in [0.3, 0.4) is 0 Å². The lowest BCUT2D eigenvalue weighted by Gasteiger charge is -2.31. The second-order valence-corrected chi connectivity index (χ2v) is 5.30. The minimum Gasteiger partial charge on any atom is -0.338 e. The van der Waals surface area contributed by atoms with E-state index in [4.69, 9.17) is 0 Å². The number of tetrazole rings is 1. The highest BCUT2D eigenvalue weighted by molar-refractivity contribution is 5.94. The molecule has 1 atom stereocenters. The first-order valence-electron chi connectivity index (χ1n) is 6.94. The Kier molecular flexibility index (Phi) is 3.64. The summed E-state index contributed by atoms with van der Waals surface area (Å²) in [5.41, 5.74) is 0.608. The van der Waals surface area contributed by atoms with Crippen LogP contribution in [0.1, 0.15) is 40.5 Å². The van der Waals surface area contributed by atoms with Gasteiger partial charge in [-0.05, 0) is 31.4 Å². The van der Waals surface area contributed by atoms with Crippen molar-refractivity contribution in [1.29, 1.82) is 0 Å². The van der Waals surface area contributed by atoms with Gasteiger partial charge in [0.1, 0.15) is 5.82 Å². The molecule has 1 N–H and O–H groups in total. The van der Waals surface area contributed by atoms with Crippen molar-refractivity contribution >= 4 is 5.91 Å². The van der Waals surface area contributed by atoms with Crippen molar-refractivity contribution in [3.8, 4) is 0 Å². The van der Waals surface area contributed by atoms with Gasteiger partial charge in [0.15, 0.2) is 5.82 Å². The molecular formula is C14H16FN5O. The van der Waals surface area contributed by atoms with Crippen LogP contribution in [0.5, 0.6) is 0 Å². The molecule has 110 valence electrons. The van der Waals surface area contributed by atoms with Gasteiger partial charge in [0.2, 0.25) is 0 Å². The summed E-state index contributed by atoms with van der Waals surface area (Å²) < 4.78 is 14.1. The fraction of sp³-hybridized carbons (Fsp3) is 0.429. The summed E-state index contributed by atoms with van der Waals surface area (Å²) >= 11 is 0. The highest BCUT2D eigenvalue weighted by Crippen LogP contribution is 2.25. The lowest BCUT2D eigenvalue weighted by molar-refractivity contribution is 0.0699. The number of aryl methyl sites for hydroxylation is 1. The average Bonchev–Trinajstić information content (AvgIpc) is 3.04. The molecule has 0 bridgehead atoms. The predicted octanol–water partition coefficient (Wildman–Crippen LogP) is 1.67. The first-order valence-corrected chi connectivity index (χ1v) is 6.94. The Balaban J connectivity index is 1.80. The largest absolute Gasteiger partial charge is 0.338 e. The van der Waals surface area contributed by atoms with Crippen molar-refractivity contribution in [2.45, 2.75) is 25.7 Å². The predicted molar refractivity (Wildman–Crippen MR) is 73.2 cm³/mol. The quantitative estimate of drug-likeness (QED) is 0.912. The van der Waals surface area contributed by atoms with Gasteiger partial charge in [-0.25, -0.2) is 4.39 Å². The fourth-order valence-electron chi connectivity index (χ4n) is 2.70. The fourth-order valence-corrected chi connectivity index (χ4v) is 2.70. The minimum atomic E-state index is -0.441. The van der Waals surface area contributed by atoms with Crippen LogP contribution in [0.2, 0.25) is 0 Å².